The fraction of sp³-hybridized carbons (Fsp3) is 0.450. The molecule has 1 atom stereocenters. The Hall–Kier alpha value is -3.03. The van der Waals surface area contributed by atoms with Gasteiger partial charge in [-0.05, 0) is 31.9 Å². The van der Waals surface area contributed by atoms with Crippen molar-refractivity contribution in [3.63, 3.8) is 0 Å². The second kappa shape index (κ2) is 7.53. The molecule has 4 rings (SSSR count). The Balaban J connectivity index is 1.35. The maximum absolute atomic E-state index is 12.6. The lowest BCUT2D eigenvalue weighted by Gasteiger charge is -2.35. The number of carbonyl (C=O) groups is 2. The molecule has 0 radical (unpaired) electrons. The third-order valence-corrected chi connectivity index (χ3v) is 5.31. The van der Waals surface area contributed by atoms with Crippen LogP contribution in [0, 0.1) is 0 Å². The molecule has 2 aromatic rings. The number of aromatic nitrogens is 2. The van der Waals surface area contributed by atoms with Crippen LogP contribution in [-0.4, -0.2) is 53.1 Å². The number of benzene rings is 1. The smallest absolute Gasteiger partial charge is 0.268 e. The summed E-state index contributed by atoms with van der Waals surface area (Å²) in [5.41, 5.74) is 0.644. The van der Waals surface area contributed by atoms with E-state index in [9.17, 15) is 9.59 Å². The highest BCUT2D eigenvalue weighted by atomic mass is 16.5. The summed E-state index contributed by atoms with van der Waals surface area (Å²) < 4.78 is 7.63. The number of aryl methyl sites for hydroxylation is 1. The van der Waals surface area contributed by atoms with E-state index in [1.165, 1.54) is 4.90 Å². The average molecular weight is 383 g/mol. The predicted octanol–water partition coefficient (Wildman–Crippen LogP) is 1.32. The van der Waals surface area contributed by atoms with Gasteiger partial charge in [0.1, 0.15) is 12.3 Å². The molecule has 0 spiro atoms. The van der Waals surface area contributed by atoms with E-state index in [2.05, 4.69) is 15.2 Å². The lowest BCUT2D eigenvalue weighted by Crippen LogP contribution is -2.51. The van der Waals surface area contributed by atoms with Crippen molar-refractivity contribution in [3.8, 4) is 5.75 Å². The Morgan fingerprint density at radius 1 is 1.29 bits per heavy atom. The number of piperidine rings is 1. The second-order valence-electron chi connectivity index (χ2n) is 7.32. The minimum Gasteiger partial charge on any atom is -0.479 e. The number of para-hydroxylation sites is 2. The van der Waals surface area contributed by atoms with Crippen LogP contribution in [0.15, 0.2) is 36.7 Å². The van der Waals surface area contributed by atoms with Crippen LogP contribution >= 0.6 is 0 Å². The Morgan fingerprint density at radius 3 is 2.75 bits per heavy atom. The first-order valence-electron chi connectivity index (χ1n) is 9.61. The molecule has 0 bridgehead atoms. The number of imidazole rings is 1. The van der Waals surface area contributed by atoms with E-state index >= 15 is 0 Å². The third kappa shape index (κ3) is 3.54. The topological polar surface area (TPSA) is 79.7 Å². The number of nitrogens with one attached hydrogen (secondary N) is 1. The molecule has 28 heavy (non-hydrogen) atoms. The van der Waals surface area contributed by atoms with Crippen LogP contribution in [0.5, 0.6) is 5.75 Å². The van der Waals surface area contributed by atoms with Gasteiger partial charge in [-0.15, -0.1) is 0 Å². The van der Waals surface area contributed by atoms with Gasteiger partial charge in [-0.1, -0.05) is 12.1 Å². The monoisotopic (exact) mass is 383 g/mol. The highest BCUT2D eigenvalue weighted by Gasteiger charge is 2.33. The summed E-state index contributed by atoms with van der Waals surface area (Å²) in [6.45, 7) is 3.39. The Bertz CT molecular complexity index is 872. The van der Waals surface area contributed by atoms with Crippen molar-refractivity contribution in [1.29, 1.82) is 0 Å². The van der Waals surface area contributed by atoms with E-state index < -0.39 is 6.10 Å². The van der Waals surface area contributed by atoms with Crippen molar-refractivity contribution in [2.24, 2.45) is 7.05 Å². The van der Waals surface area contributed by atoms with Gasteiger partial charge in [0.2, 0.25) is 11.9 Å². The third-order valence-electron chi connectivity index (χ3n) is 5.31. The minimum absolute atomic E-state index is 0.00310. The van der Waals surface area contributed by atoms with Crippen LogP contribution in [0.2, 0.25) is 0 Å². The lowest BCUT2D eigenvalue weighted by atomic mass is 10.1. The van der Waals surface area contributed by atoms with Crippen LogP contribution in [-0.2, 0) is 16.6 Å². The summed E-state index contributed by atoms with van der Waals surface area (Å²) in [5, 5.41) is 3.09. The number of fused-ring (bicyclic) bond motifs is 1. The zero-order valence-electron chi connectivity index (χ0n) is 16.2. The maximum atomic E-state index is 12.6. The van der Waals surface area contributed by atoms with Gasteiger partial charge in [-0.3, -0.25) is 14.5 Å². The highest BCUT2D eigenvalue weighted by Crippen LogP contribution is 2.33. The number of nitrogens with zero attached hydrogens (tertiary/aromatic N) is 4. The Labute approximate surface area is 164 Å². The summed E-state index contributed by atoms with van der Waals surface area (Å²) in [6, 6.07) is 7.42. The fourth-order valence-corrected chi connectivity index (χ4v) is 3.83. The van der Waals surface area contributed by atoms with Crippen molar-refractivity contribution in [2.75, 3.05) is 29.4 Å². The minimum atomic E-state index is -0.594. The van der Waals surface area contributed by atoms with Crippen LogP contribution < -0.4 is 19.9 Å². The first-order chi connectivity index (χ1) is 13.5. The summed E-state index contributed by atoms with van der Waals surface area (Å²) >= 11 is 0. The number of hydrogen-bond donors (Lipinski definition) is 1. The number of carbonyl (C=O) groups excluding carboxylic acids is 2. The zero-order chi connectivity index (χ0) is 19.7. The van der Waals surface area contributed by atoms with Crippen LogP contribution in [0.1, 0.15) is 19.8 Å². The number of amides is 2. The van der Waals surface area contributed by atoms with Gasteiger partial charge >= 0.3 is 0 Å². The first kappa shape index (κ1) is 18.3. The maximum Gasteiger partial charge on any atom is 0.268 e. The molecule has 1 unspecified atom stereocenters. The molecule has 1 fully saturated rings. The average Bonchev–Trinajstić information content (AvgIpc) is 3.12. The largest absolute Gasteiger partial charge is 0.479 e. The Morgan fingerprint density at radius 2 is 2.04 bits per heavy atom. The summed E-state index contributed by atoms with van der Waals surface area (Å²) in [7, 11) is 1.98. The van der Waals surface area contributed by atoms with E-state index in [4.69, 9.17) is 4.74 Å². The molecule has 1 aromatic carbocycles. The normalized spacial score (nSPS) is 19.9. The molecule has 8 nitrogen and oxygen atoms in total. The fourth-order valence-electron chi connectivity index (χ4n) is 3.83. The van der Waals surface area contributed by atoms with E-state index in [-0.39, 0.29) is 24.4 Å². The number of hydrogen-bond acceptors (Lipinski definition) is 5. The molecule has 1 aromatic heterocycles. The van der Waals surface area contributed by atoms with Gasteiger partial charge in [0.25, 0.3) is 5.91 Å². The van der Waals surface area contributed by atoms with Crippen molar-refractivity contribution in [3.05, 3.63) is 36.7 Å². The highest BCUT2D eigenvalue weighted by molar-refractivity contribution is 6.03. The molecular formula is C20H25N5O3. The zero-order valence-corrected chi connectivity index (χ0v) is 16.2. The molecule has 0 aliphatic carbocycles. The Kier molecular flexibility index (Phi) is 4.93. The van der Waals surface area contributed by atoms with Crippen LogP contribution in [0.4, 0.5) is 11.6 Å². The van der Waals surface area contributed by atoms with E-state index in [0.717, 1.165) is 31.9 Å². The number of rotatable bonds is 4. The SMILES string of the molecule is CC1Oc2ccccc2N(CC(=O)NC2CCN(c3nccn3C)CC2)C1=O. The standard InChI is InChI=1S/C20H25N5O3/c1-14-19(27)25(16-5-3-4-6-17(16)28-14)13-18(26)22-15-7-10-24(11-8-15)20-21-9-12-23(20)2/h3-6,9,12,14-15H,7-8,10-11,13H2,1-2H3,(H,22,26). The first-order valence-corrected chi connectivity index (χ1v) is 9.61. The summed E-state index contributed by atoms with van der Waals surface area (Å²) in [6.07, 6.45) is 4.83. The van der Waals surface area contributed by atoms with Crippen molar-refractivity contribution in [2.45, 2.75) is 31.9 Å². The molecule has 2 aliphatic rings. The molecule has 148 valence electrons. The molecule has 3 heterocycles. The molecule has 2 aliphatic heterocycles. The molecule has 2 amide bonds. The number of ether oxygens (including phenoxy) is 1. The van der Waals surface area contributed by atoms with Gasteiger partial charge in [0.15, 0.2) is 6.10 Å². The molecule has 1 saturated heterocycles. The van der Waals surface area contributed by atoms with Crippen molar-refractivity contribution < 1.29 is 14.3 Å². The van der Waals surface area contributed by atoms with Gasteiger partial charge < -0.3 is 19.5 Å². The second-order valence-corrected chi connectivity index (χ2v) is 7.32. The van der Waals surface area contributed by atoms with E-state index in [0.29, 0.717) is 11.4 Å². The quantitative estimate of drug-likeness (QED) is 0.861. The molecule has 0 saturated carbocycles. The molecular weight excluding hydrogens is 358 g/mol. The summed E-state index contributed by atoms with van der Waals surface area (Å²) in [5.74, 6) is 1.24. The van der Waals surface area contributed by atoms with E-state index in [1.807, 2.05) is 36.0 Å². The van der Waals surface area contributed by atoms with Crippen LogP contribution in [0.25, 0.3) is 0 Å². The van der Waals surface area contributed by atoms with Crippen molar-refractivity contribution >= 4 is 23.5 Å². The van der Waals surface area contributed by atoms with Gasteiger partial charge in [-0.25, -0.2) is 4.98 Å². The summed E-state index contributed by atoms with van der Waals surface area (Å²) in [4.78, 5) is 33.3. The van der Waals surface area contributed by atoms with E-state index in [1.54, 1.807) is 19.2 Å². The van der Waals surface area contributed by atoms with Gasteiger partial charge in [0, 0.05) is 38.6 Å². The van der Waals surface area contributed by atoms with Gasteiger partial charge in [-0.2, -0.15) is 0 Å². The lowest BCUT2D eigenvalue weighted by molar-refractivity contribution is -0.128. The molecule has 1 N–H and O–H groups in total. The molecule has 8 heteroatoms. The predicted molar refractivity (Wildman–Crippen MR) is 105 cm³/mol. The van der Waals surface area contributed by atoms with Crippen molar-refractivity contribution in [1.82, 2.24) is 14.9 Å². The van der Waals surface area contributed by atoms with Crippen LogP contribution in [0.3, 0.4) is 0 Å². The number of anilines is 2. The van der Waals surface area contributed by atoms with Gasteiger partial charge in [0.05, 0.1) is 5.69 Å².